The van der Waals surface area contributed by atoms with Gasteiger partial charge in [0.25, 0.3) is 0 Å². The molecule has 0 spiro atoms. The van der Waals surface area contributed by atoms with Gasteiger partial charge in [-0.05, 0) is 34.7 Å². The second-order valence-corrected chi connectivity index (χ2v) is 3.50. The summed E-state index contributed by atoms with van der Waals surface area (Å²) in [5.74, 6) is 0.670. The van der Waals surface area contributed by atoms with Crippen LogP contribution in [-0.2, 0) is 6.54 Å². The number of hydrogen-bond acceptors (Lipinski definition) is 4. The predicted octanol–water partition coefficient (Wildman–Crippen LogP) is 1.91. The normalized spacial score (nSPS) is 11.6. The van der Waals surface area contributed by atoms with E-state index in [4.69, 9.17) is 4.74 Å². The van der Waals surface area contributed by atoms with E-state index in [-0.39, 0.29) is 5.82 Å². The minimum atomic E-state index is -4.36. The van der Waals surface area contributed by atoms with Gasteiger partial charge >= 0.3 is 6.18 Å². The van der Waals surface area contributed by atoms with Gasteiger partial charge < -0.3 is 4.74 Å². The number of methoxy groups -OCH3 is 1. The minimum Gasteiger partial charge on any atom is -0.497 e. The summed E-state index contributed by atoms with van der Waals surface area (Å²) in [6.07, 6.45) is -4.36. The Morgan fingerprint density at radius 3 is 2.44 bits per heavy atom. The standard InChI is InChI=1S/C10H9F3N4O/c1-18-8-4-2-7(3-5-8)9-14-15-16-17(9)6-10(11,12)13/h2-5H,6H2,1H3. The van der Waals surface area contributed by atoms with Gasteiger partial charge in [0.1, 0.15) is 12.3 Å². The van der Waals surface area contributed by atoms with Crippen molar-refractivity contribution in [1.29, 1.82) is 0 Å². The van der Waals surface area contributed by atoms with Crippen LogP contribution in [0.4, 0.5) is 13.2 Å². The van der Waals surface area contributed by atoms with Crippen LogP contribution in [0.15, 0.2) is 24.3 Å². The maximum Gasteiger partial charge on any atom is 0.408 e. The summed E-state index contributed by atoms with van der Waals surface area (Å²) < 4.78 is 42.6. The molecule has 0 saturated carbocycles. The number of alkyl halides is 3. The summed E-state index contributed by atoms with van der Waals surface area (Å²) in [7, 11) is 1.50. The zero-order chi connectivity index (χ0) is 13.2. The van der Waals surface area contributed by atoms with Gasteiger partial charge in [0.2, 0.25) is 0 Å². The van der Waals surface area contributed by atoms with Gasteiger partial charge in [0, 0.05) is 5.56 Å². The molecule has 1 heterocycles. The average molecular weight is 258 g/mol. The lowest BCUT2D eigenvalue weighted by atomic mass is 10.2. The third-order valence-corrected chi connectivity index (χ3v) is 2.21. The van der Waals surface area contributed by atoms with Gasteiger partial charge in [0.15, 0.2) is 5.82 Å². The van der Waals surface area contributed by atoms with Crippen LogP contribution >= 0.6 is 0 Å². The molecule has 18 heavy (non-hydrogen) atoms. The molecule has 8 heteroatoms. The zero-order valence-corrected chi connectivity index (χ0v) is 9.35. The Labute approximate surface area is 100 Å². The molecule has 0 aliphatic carbocycles. The number of tetrazole rings is 1. The van der Waals surface area contributed by atoms with E-state index in [1.807, 2.05) is 0 Å². The molecule has 96 valence electrons. The molecule has 0 N–H and O–H groups in total. The lowest BCUT2D eigenvalue weighted by Crippen LogP contribution is -2.19. The summed E-state index contributed by atoms with van der Waals surface area (Å²) >= 11 is 0. The van der Waals surface area contributed by atoms with Gasteiger partial charge in [-0.3, -0.25) is 0 Å². The molecular formula is C10H9F3N4O. The molecule has 1 aromatic heterocycles. The fraction of sp³-hybridized carbons (Fsp3) is 0.300. The molecule has 0 unspecified atom stereocenters. The largest absolute Gasteiger partial charge is 0.497 e. The Morgan fingerprint density at radius 1 is 1.22 bits per heavy atom. The highest BCUT2D eigenvalue weighted by molar-refractivity contribution is 5.55. The Bertz CT molecular complexity index is 521. The van der Waals surface area contributed by atoms with Crippen molar-refractivity contribution in [3.8, 4) is 17.1 Å². The molecule has 0 fully saturated rings. The van der Waals surface area contributed by atoms with E-state index in [0.717, 1.165) is 0 Å². The third kappa shape index (κ3) is 2.76. The topological polar surface area (TPSA) is 52.8 Å². The van der Waals surface area contributed by atoms with Crippen molar-refractivity contribution in [2.75, 3.05) is 7.11 Å². The highest BCUT2D eigenvalue weighted by Gasteiger charge is 2.30. The fourth-order valence-corrected chi connectivity index (χ4v) is 1.43. The first-order chi connectivity index (χ1) is 8.49. The van der Waals surface area contributed by atoms with Gasteiger partial charge in [-0.25, -0.2) is 4.68 Å². The molecule has 5 nitrogen and oxygen atoms in total. The van der Waals surface area contributed by atoms with E-state index in [1.165, 1.54) is 7.11 Å². The number of ether oxygens (including phenoxy) is 1. The first kappa shape index (κ1) is 12.3. The highest BCUT2D eigenvalue weighted by Crippen LogP contribution is 2.23. The summed E-state index contributed by atoms with van der Waals surface area (Å²) in [6, 6.07) is 6.44. The van der Waals surface area contributed by atoms with Crippen LogP contribution in [0.3, 0.4) is 0 Å². The molecule has 2 rings (SSSR count). The molecule has 0 aliphatic rings. The number of benzene rings is 1. The van der Waals surface area contributed by atoms with E-state index >= 15 is 0 Å². The number of aromatic nitrogens is 4. The van der Waals surface area contributed by atoms with Crippen molar-refractivity contribution >= 4 is 0 Å². The lowest BCUT2D eigenvalue weighted by Gasteiger charge is -2.08. The van der Waals surface area contributed by atoms with Crippen molar-refractivity contribution < 1.29 is 17.9 Å². The Morgan fingerprint density at radius 2 is 1.89 bits per heavy atom. The van der Waals surface area contributed by atoms with Crippen LogP contribution in [0.1, 0.15) is 0 Å². The van der Waals surface area contributed by atoms with Crippen molar-refractivity contribution in [1.82, 2.24) is 20.2 Å². The molecule has 0 saturated heterocycles. The molecule has 0 atom stereocenters. The van der Waals surface area contributed by atoms with Crippen LogP contribution in [0.5, 0.6) is 5.75 Å². The molecule has 0 aliphatic heterocycles. The predicted molar refractivity (Wildman–Crippen MR) is 55.9 cm³/mol. The first-order valence-corrected chi connectivity index (χ1v) is 4.97. The molecule has 2 aromatic rings. The Hall–Kier alpha value is -2.12. The summed E-state index contributed by atoms with van der Waals surface area (Å²) in [6.45, 7) is -1.22. The highest BCUT2D eigenvalue weighted by atomic mass is 19.4. The van der Waals surface area contributed by atoms with Gasteiger partial charge in [-0.2, -0.15) is 13.2 Å². The van der Waals surface area contributed by atoms with E-state index < -0.39 is 12.7 Å². The average Bonchev–Trinajstić information content (AvgIpc) is 2.75. The van der Waals surface area contributed by atoms with Crippen LogP contribution in [-0.4, -0.2) is 33.5 Å². The molecule has 0 radical (unpaired) electrons. The van der Waals surface area contributed by atoms with Gasteiger partial charge in [0.05, 0.1) is 7.11 Å². The van der Waals surface area contributed by atoms with Crippen LogP contribution in [0.25, 0.3) is 11.4 Å². The maximum atomic E-state index is 12.3. The summed E-state index contributed by atoms with van der Waals surface area (Å²) in [4.78, 5) is 0. The van der Waals surface area contributed by atoms with Crippen LogP contribution in [0.2, 0.25) is 0 Å². The maximum absolute atomic E-state index is 12.3. The second-order valence-electron chi connectivity index (χ2n) is 3.50. The first-order valence-electron chi connectivity index (χ1n) is 4.97. The van der Waals surface area contributed by atoms with Crippen LogP contribution in [0, 0.1) is 0 Å². The smallest absolute Gasteiger partial charge is 0.408 e. The zero-order valence-electron chi connectivity index (χ0n) is 9.35. The number of hydrogen-bond donors (Lipinski definition) is 0. The molecule has 0 amide bonds. The SMILES string of the molecule is COc1ccc(-c2nnnn2CC(F)(F)F)cc1. The summed E-state index contributed by atoms with van der Waals surface area (Å²) in [5, 5.41) is 10.2. The van der Waals surface area contributed by atoms with Crippen molar-refractivity contribution in [2.24, 2.45) is 0 Å². The lowest BCUT2D eigenvalue weighted by molar-refractivity contribution is -0.142. The monoisotopic (exact) mass is 258 g/mol. The Balaban J connectivity index is 2.30. The quantitative estimate of drug-likeness (QED) is 0.843. The van der Waals surface area contributed by atoms with Crippen molar-refractivity contribution in [3.05, 3.63) is 24.3 Å². The van der Waals surface area contributed by atoms with Crippen molar-refractivity contribution in [3.63, 3.8) is 0 Å². The second kappa shape index (κ2) is 4.63. The van der Waals surface area contributed by atoms with E-state index in [9.17, 15) is 13.2 Å². The van der Waals surface area contributed by atoms with Gasteiger partial charge in [-0.15, -0.1) is 5.10 Å². The third-order valence-electron chi connectivity index (χ3n) is 2.21. The van der Waals surface area contributed by atoms with Crippen LogP contribution < -0.4 is 4.74 Å². The number of nitrogens with zero attached hydrogens (tertiary/aromatic N) is 4. The van der Waals surface area contributed by atoms with E-state index in [0.29, 0.717) is 16.0 Å². The summed E-state index contributed by atoms with van der Waals surface area (Å²) in [5.41, 5.74) is 0.491. The number of halogens is 3. The van der Waals surface area contributed by atoms with Crippen molar-refractivity contribution in [2.45, 2.75) is 12.7 Å². The van der Waals surface area contributed by atoms with Gasteiger partial charge in [-0.1, -0.05) is 0 Å². The minimum absolute atomic E-state index is 0.0648. The number of rotatable bonds is 3. The molecule has 1 aromatic carbocycles. The molecule has 0 bridgehead atoms. The van der Waals surface area contributed by atoms with E-state index in [2.05, 4.69) is 15.5 Å². The molecular weight excluding hydrogens is 249 g/mol. The van der Waals surface area contributed by atoms with E-state index in [1.54, 1.807) is 24.3 Å². The Kier molecular flexibility index (Phi) is 3.17. The fourth-order valence-electron chi connectivity index (χ4n) is 1.43.